The van der Waals surface area contributed by atoms with Gasteiger partial charge in [-0.3, -0.25) is 4.79 Å². The van der Waals surface area contributed by atoms with E-state index in [1.165, 1.54) is 45.6 Å². The summed E-state index contributed by atoms with van der Waals surface area (Å²) in [6.07, 6.45) is 5.16. The van der Waals surface area contributed by atoms with Crippen LogP contribution in [0.25, 0.3) is 11.0 Å². The van der Waals surface area contributed by atoms with Crippen molar-refractivity contribution >= 4 is 16.9 Å². The third kappa shape index (κ3) is 5.28. The summed E-state index contributed by atoms with van der Waals surface area (Å²) in [5.74, 6) is 0.0576. The minimum atomic E-state index is 0.0576. The van der Waals surface area contributed by atoms with Crippen LogP contribution in [-0.2, 0) is 11.3 Å². The Kier molecular flexibility index (Phi) is 6.42. The zero-order chi connectivity index (χ0) is 17.5. The summed E-state index contributed by atoms with van der Waals surface area (Å²) in [6, 6.07) is 7.89. The smallest absolute Gasteiger partial charge is 0.239 e. The fraction of sp³-hybridized carbons (Fsp3) is 0.579. The normalized spacial score (nSPS) is 16.4. The highest BCUT2D eigenvalue weighted by atomic mass is 16.1. The third-order valence-electron chi connectivity index (χ3n) is 4.91. The van der Waals surface area contributed by atoms with E-state index in [2.05, 4.69) is 27.1 Å². The van der Waals surface area contributed by atoms with Crippen molar-refractivity contribution in [2.75, 3.05) is 46.3 Å². The topological polar surface area (TPSA) is 53.4 Å². The predicted molar refractivity (Wildman–Crippen MR) is 101 cm³/mol. The van der Waals surface area contributed by atoms with Gasteiger partial charge in [-0.05, 0) is 38.6 Å². The first-order valence-electron chi connectivity index (χ1n) is 9.30. The molecule has 1 aliphatic heterocycles. The molecule has 1 N–H and O–H groups in total. The summed E-state index contributed by atoms with van der Waals surface area (Å²) >= 11 is 0. The highest BCUT2D eigenvalue weighted by molar-refractivity contribution is 5.80. The zero-order valence-corrected chi connectivity index (χ0v) is 15.2. The molecule has 2 aromatic rings. The number of benzene rings is 1. The quantitative estimate of drug-likeness (QED) is 0.739. The lowest BCUT2D eigenvalue weighted by Crippen LogP contribution is -2.44. The molecule has 0 atom stereocenters. The standard InChI is InChI=1S/C19H29N5O/c1-22-11-13-23(14-12-22)10-6-2-5-9-20-19(25)15-24-16-21-17-7-3-4-8-18(17)24/h3-4,7-8,16H,2,5-6,9-15H2,1H3,(H,20,25). The van der Waals surface area contributed by atoms with Gasteiger partial charge < -0.3 is 19.7 Å². The maximum absolute atomic E-state index is 12.1. The van der Waals surface area contributed by atoms with Crippen LogP contribution in [0, 0.1) is 0 Å². The van der Waals surface area contributed by atoms with E-state index in [-0.39, 0.29) is 5.91 Å². The predicted octanol–water partition coefficient (Wildman–Crippen LogP) is 1.57. The van der Waals surface area contributed by atoms with Crippen LogP contribution in [0.2, 0.25) is 0 Å². The Labute approximate surface area is 149 Å². The Balaban J connectivity index is 1.28. The van der Waals surface area contributed by atoms with Gasteiger partial charge in [-0.25, -0.2) is 4.98 Å². The van der Waals surface area contributed by atoms with Gasteiger partial charge in [0, 0.05) is 32.7 Å². The lowest BCUT2D eigenvalue weighted by Gasteiger charge is -2.32. The molecule has 2 heterocycles. The molecule has 25 heavy (non-hydrogen) atoms. The fourth-order valence-electron chi connectivity index (χ4n) is 3.28. The van der Waals surface area contributed by atoms with Gasteiger partial charge in [-0.2, -0.15) is 0 Å². The van der Waals surface area contributed by atoms with E-state index in [1.54, 1.807) is 6.33 Å². The minimum absolute atomic E-state index is 0.0576. The van der Waals surface area contributed by atoms with Crippen molar-refractivity contribution in [3.63, 3.8) is 0 Å². The van der Waals surface area contributed by atoms with Crippen molar-refractivity contribution in [1.29, 1.82) is 0 Å². The Morgan fingerprint density at radius 3 is 2.76 bits per heavy atom. The summed E-state index contributed by atoms with van der Waals surface area (Å²) in [7, 11) is 2.19. The number of nitrogens with one attached hydrogen (secondary N) is 1. The molecular weight excluding hydrogens is 314 g/mol. The lowest BCUT2D eigenvalue weighted by molar-refractivity contribution is -0.121. The fourth-order valence-corrected chi connectivity index (χ4v) is 3.28. The molecule has 1 amide bonds. The number of amides is 1. The number of piperazine rings is 1. The number of aromatic nitrogens is 2. The van der Waals surface area contributed by atoms with Crippen LogP contribution < -0.4 is 5.32 Å². The molecule has 0 spiro atoms. The first-order chi connectivity index (χ1) is 12.2. The molecule has 6 heteroatoms. The average Bonchev–Trinajstić information content (AvgIpc) is 3.02. The van der Waals surface area contributed by atoms with Crippen LogP contribution in [0.3, 0.4) is 0 Å². The second-order valence-corrected chi connectivity index (χ2v) is 6.92. The van der Waals surface area contributed by atoms with E-state index in [4.69, 9.17) is 0 Å². The number of carbonyl (C=O) groups excluding carboxylic acids is 1. The number of nitrogens with zero attached hydrogens (tertiary/aromatic N) is 4. The average molecular weight is 343 g/mol. The van der Waals surface area contributed by atoms with Crippen LogP contribution in [-0.4, -0.2) is 71.6 Å². The number of para-hydroxylation sites is 2. The zero-order valence-electron chi connectivity index (χ0n) is 15.2. The molecule has 1 aliphatic rings. The number of hydrogen-bond acceptors (Lipinski definition) is 4. The van der Waals surface area contributed by atoms with Crippen molar-refractivity contribution in [2.45, 2.75) is 25.8 Å². The van der Waals surface area contributed by atoms with E-state index in [9.17, 15) is 4.79 Å². The van der Waals surface area contributed by atoms with Crippen molar-refractivity contribution in [3.8, 4) is 0 Å². The molecular formula is C19H29N5O. The van der Waals surface area contributed by atoms with E-state index in [0.717, 1.165) is 24.0 Å². The first-order valence-corrected chi connectivity index (χ1v) is 9.30. The molecule has 0 unspecified atom stereocenters. The molecule has 3 rings (SSSR count). The maximum Gasteiger partial charge on any atom is 0.239 e. The van der Waals surface area contributed by atoms with Crippen molar-refractivity contribution in [3.05, 3.63) is 30.6 Å². The summed E-state index contributed by atoms with van der Waals surface area (Å²) in [5.41, 5.74) is 1.93. The number of rotatable bonds is 8. The minimum Gasteiger partial charge on any atom is -0.355 e. The van der Waals surface area contributed by atoms with Crippen LogP contribution in [0.1, 0.15) is 19.3 Å². The van der Waals surface area contributed by atoms with Gasteiger partial charge in [0.1, 0.15) is 6.54 Å². The monoisotopic (exact) mass is 343 g/mol. The van der Waals surface area contributed by atoms with Crippen molar-refractivity contribution < 1.29 is 4.79 Å². The number of carbonyl (C=O) groups is 1. The highest BCUT2D eigenvalue weighted by Crippen LogP contribution is 2.11. The number of fused-ring (bicyclic) bond motifs is 1. The molecule has 6 nitrogen and oxygen atoms in total. The van der Waals surface area contributed by atoms with E-state index < -0.39 is 0 Å². The Hall–Kier alpha value is -1.92. The van der Waals surface area contributed by atoms with Gasteiger partial charge in [0.05, 0.1) is 17.4 Å². The number of hydrogen-bond donors (Lipinski definition) is 1. The van der Waals surface area contributed by atoms with E-state index in [1.807, 2.05) is 28.8 Å². The van der Waals surface area contributed by atoms with Gasteiger partial charge in [-0.1, -0.05) is 18.6 Å². The van der Waals surface area contributed by atoms with E-state index >= 15 is 0 Å². The molecule has 1 aromatic carbocycles. The van der Waals surface area contributed by atoms with E-state index in [0.29, 0.717) is 6.54 Å². The Morgan fingerprint density at radius 1 is 1.12 bits per heavy atom. The van der Waals surface area contributed by atoms with Crippen LogP contribution in [0.15, 0.2) is 30.6 Å². The summed E-state index contributed by atoms with van der Waals surface area (Å²) in [6.45, 7) is 7.01. The molecule has 0 aliphatic carbocycles. The van der Waals surface area contributed by atoms with Gasteiger partial charge in [0.15, 0.2) is 0 Å². The van der Waals surface area contributed by atoms with Gasteiger partial charge in [0.2, 0.25) is 5.91 Å². The first kappa shape index (κ1) is 17.9. The number of unbranched alkanes of at least 4 members (excludes halogenated alkanes) is 2. The highest BCUT2D eigenvalue weighted by Gasteiger charge is 2.12. The largest absolute Gasteiger partial charge is 0.355 e. The maximum atomic E-state index is 12.1. The molecule has 0 saturated carbocycles. The summed E-state index contributed by atoms with van der Waals surface area (Å²) in [4.78, 5) is 21.3. The number of imidazole rings is 1. The van der Waals surface area contributed by atoms with Gasteiger partial charge >= 0.3 is 0 Å². The van der Waals surface area contributed by atoms with Gasteiger partial charge in [-0.15, -0.1) is 0 Å². The van der Waals surface area contributed by atoms with Crippen LogP contribution >= 0.6 is 0 Å². The second kappa shape index (κ2) is 8.97. The summed E-state index contributed by atoms with van der Waals surface area (Å²) < 4.78 is 1.90. The molecule has 1 fully saturated rings. The van der Waals surface area contributed by atoms with Gasteiger partial charge in [0.25, 0.3) is 0 Å². The third-order valence-corrected chi connectivity index (χ3v) is 4.91. The van der Waals surface area contributed by atoms with Crippen molar-refractivity contribution in [1.82, 2.24) is 24.7 Å². The molecule has 1 aromatic heterocycles. The molecule has 1 saturated heterocycles. The number of likely N-dealkylation sites (N-methyl/N-ethyl adjacent to an activating group) is 1. The Morgan fingerprint density at radius 2 is 1.92 bits per heavy atom. The second-order valence-electron chi connectivity index (χ2n) is 6.92. The molecule has 136 valence electrons. The van der Waals surface area contributed by atoms with Crippen LogP contribution in [0.5, 0.6) is 0 Å². The molecule has 0 radical (unpaired) electrons. The van der Waals surface area contributed by atoms with Crippen molar-refractivity contribution in [2.24, 2.45) is 0 Å². The molecule has 0 bridgehead atoms. The lowest BCUT2D eigenvalue weighted by atomic mass is 10.2. The summed E-state index contributed by atoms with van der Waals surface area (Å²) in [5, 5.41) is 3.02. The van der Waals surface area contributed by atoms with Crippen LogP contribution in [0.4, 0.5) is 0 Å². The Bertz CT molecular complexity index is 675. The SMILES string of the molecule is CN1CCN(CCCCCNC(=O)Cn2cnc3ccccc32)CC1.